The fraction of sp³-hybridized carbons (Fsp3) is 0.0435. The zero-order valence-corrected chi connectivity index (χ0v) is 18.7. The predicted molar refractivity (Wildman–Crippen MR) is 128 cm³/mol. The molecular weight excluding hydrogens is 453 g/mol. The Balaban J connectivity index is 1.45. The van der Waals surface area contributed by atoms with Gasteiger partial charge < -0.3 is 15.4 Å². The van der Waals surface area contributed by atoms with Crippen molar-refractivity contribution < 1.29 is 9.53 Å². The highest BCUT2D eigenvalue weighted by atomic mass is 35.5. The zero-order valence-electron chi connectivity index (χ0n) is 16.4. The van der Waals surface area contributed by atoms with E-state index in [1.807, 2.05) is 53.9 Å². The van der Waals surface area contributed by atoms with E-state index in [4.69, 9.17) is 27.9 Å². The summed E-state index contributed by atoms with van der Waals surface area (Å²) in [7, 11) is 1.63. The van der Waals surface area contributed by atoms with Gasteiger partial charge in [-0.25, -0.2) is 4.98 Å². The van der Waals surface area contributed by atoms with E-state index in [1.54, 1.807) is 25.3 Å². The predicted octanol–water partition coefficient (Wildman–Crippen LogP) is 7.12. The van der Waals surface area contributed by atoms with E-state index in [1.165, 1.54) is 11.3 Å². The van der Waals surface area contributed by atoms with Gasteiger partial charge in [0, 0.05) is 32.2 Å². The number of anilines is 3. The molecule has 0 spiro atoms. The van der Waals surface area contributed by atoms with Gasteiger partial charge in [0.1, 0.15) is 5.75 Å². The van der Waals surface area contributed by atoms with E-state index >= 15 is 0 Å². The van der Waals surface area contributed by atoms with Gasteiger partial charge in [-0.05, 0) is 42.5 Å². The van der Waals surface area contributed by atoms with E-state index in [0.29, 0.717) is 21.3 Å². The molecule has 1 aromatic heterocycles. The number of aromatic nitrogens is 1. The molecule has 0 saturated carbocycles. The Morgan fingerprint density at radius 2 is 1.71 bits per heavy atom. The first-order valence-corrected chi connectivity index (χ1v) is 10.9. The number of hydrogen-bond donors (Lipinski definition) is 2. The molecule has 0 unspecified atom stereocenters. The van der Waals surface area contributed by atoms with Crippen molar-refractivity contribution in [2.75, 3.05) is 17.7 Å². The molecule has 0 atom stereocenters. The maximum absolute atomic E-state index is 12.4. The summed E-state index contributed by atoms with van der Waals surface area (Å²) in [4.78, 5) is 17.1. The topological polar surface area (TPSA) is 63.2 Å². The first kappa shape index (κ1) is 21.2. The van der Waals surface area contributed by atoms with E-state index in [0.717, 1.165) is 27.8 Å². The van der Waals surface area contributed by atoms with Crippen LogP contribution in [0.25, 0.3) is 11.3 Å². The van der Waals surface area contributed by atoms with Gasteiger partial charge in [-0.1, -0.05) is 47.5 Å². The molecule has 0 aliphatic heterocycles. The number of halogens is 2. The highest BCUT2D eigenvalue weighted by Gasteiger charge is 2.10. The number of amides is 1. The van der Waals surface area contributed by atoms with Crippen LogP contribution < -0.4 is 15.4 Å². The molecule has 1 heterocycles. The second-order valence-corrected chi connectivity index (χ2v) is 8.28. The third-order valence-corrected chi connectivity index (χ3v) is 5.61. The number of thiazole rings is 1. The van der Waals surface area contributed by atoms with Crippen LogP contribution in [0.1, 0.15) is 10.4 Å². The molecule has 1 amide bonds. The number of hydrogen-bond acceptors (Lipinski definition) is 5. The van der Waals surface area contributed by atoms with Gasteiger partial charge in [0.05, 0.1) is 18.5 Å². The number of ether oxygens (including phenoxy) is 1. The van der Waals surface area contributed by atoms with Crippen LogP contribution in [0, 0.1) is 0 Å². The van der Waals surface area contributed by atoms with Crippen molar-refractivity contribution in [3.8, 4) is 17.0 Å². The molecule has 0 saturated heterocycles. The molecule has 3 aromatic carbocycles. The van der Waals surface area contributed by atoms with E-state index in [2.05, 4.69) is 15.6 Å². The monoisotopic (exact) mass is 469 g/mol. The van der Waals surface area contributed by atoms with Crippen LogP contribution in [0.5, 0.6) is 5.75 Å². The second kappa shape index (κ2) is 9.39. The largest absolute Gasteiger partial charge is 0.495 e. The number of nitrogens with one attached hydrogen (secondary N) is 2. The Hall–Kier alpha value is -3.06. The fourth-order valence-corrected chi connectivity index (χ4v) is 4.20. The number of para-hydroxylation sites is 2. The van der Waals surface area contributed by atoms with Gasteiger partial charge >= 0.3 is 0 Å². The van der Waals surface area contributed by atoms with Gasteiger partial charge in [0.2, 0.25) is 0 Å². The van der Waals surface area contributed by atoms with Crippen molar-refractivity contribution in [3.05, 3.63) is 87.7 Å². The molecule has 2 N–H and O–H groups in total. The fourth-order valence-electron chi connectivity index (χ4n) is 2.94. The lowest BCUT2D eigenvalue weighted by Gasteiger charge is -2.08. The van der Waals surface area contributed by atoms with Crippen molar-refractivity contribution in [3.63, 3.8) is 0 Å². The number of methoxy groups -OCH3 is 1. The summed E-state index contributed by atoms with van der Waals surface area (Å²) in [5, 5.41) is 9.68. The van der Waals surface area contributed by atoms with Crippen LogP contribution in [0.3, 0.4) is 0 Å². The van der Waals surface area contributed by atoms with Gasteiger partial charge in [0.15, 0.2) is 5.13 Å². The molecule has 4 aromatic rings. The molecule has 0 aliphatic carbocycles. The van der Waals surface area contributed by atoms with Crippen molar-refractivity contribution in [1.29, 1.82) is 0 Å². The van der Waals surface area contributed by atoms with Crippen LogP contribution in [0.2, 0.25) is 10.0 Å². The summed E-state index contributed by atoms with van der Waals surface area (Å²) in [6.07, 6.45) is 0. The Morgan fingerprint density at radius 3 is 2.42 bits per heavy atom. The van der Waals surface area contributed by atoms with Gasteiger partial charge in [0.25, 0.3) is 5.91 Å². The molecule has 31 heavy (non-hydrogen) atoms. The minimum atomic E-state index is -0.283. The normalized spacial score (nSPS) is 10.5. The molecule has 4 rings (SSSR count). The van der Waals surface area contributed by atoms with Crippen LogP contribution in [0.4, 0.5) is 16.5 Å². The summed E-state index contributed by atoms with van der Waals surface area (Å²) in [6.45, 7) is 0. The summed E-state index contributed by atoms with van der Waals surface area (Å²) in [5.74, 6) is 0.467. The number of benzene rings is 3. The Labute approximate surface area is 193 Å². The molecule has 5 nitrogen and oxygen atoms in total. The number of rotatable bonds is 6. The van der Waals surface area contributed by atoms with Crippen molar-refractivity contribution in [2.45, 2.75) is 0 Å². The Morgan fingerprint density at radius 1 is 1.00 bits per heavy atom. The number of nitrogens with zero attached hydrogens (tertiary/aromatic N) is 1. The summed E-state index contributed by atoms with van der Waals surface area (Å²) in [6, 6.07) is 19.9. The second-order valence-electron chi connectivity index (χ2n) is 6.55. The lowest BCUT2D eigenvalue weighted by Crippen LogP contribution is -2.11. The Kier molecular flexibility index (Phi) is 6.42. The lowest BCUT2D eigenvalue weighted by molar-refractivity contribution is 0.102. The molecule has 8 heteroatoms. The summed E-state index contributed by atoms with van der Waals surface area (Å²) < 4.78 is 5.36. The van der Waals surface area contributed by atoms with E-state index in [9.17, 15) is 4.79 Å². The third-order valence-electron chi connectivity index (χ3n) is 4.42. The maximum atomic E-state index is 12.4. The van der Waals surface area contributed by atoms with Crippen LogP contribution in [0.15, 0.2) is 72.1 Å². The van der Waals surface area contributed by atoms with Crippen LogP contribution in [-0.2, 0) is 0 Å². The smallest absolute Gasteiger partial charge is 0.255 e. The van der Waals surface area contributed by atoms with Crippen molar-refractivity contribution in [1.82, 2.24) is 4.98 Å². The number of carbonyl (C=O) groups is 1. The van der Waals surface area contributed by atoms with Crippen LogP contribution in [-0.4, -0.2) is 18.0 Å². The summed E-state index contributed by atoms with van der Waals surface area (Å²) in [5.41, 5.74) is 3.68. The highest BCUT2D eigenvalue weighted by molar-refractivity contribution is 7.14. The molecule has 0 radical (unpaired) electrons. The first-order chi connectivity index (χ1) is 15.0. The quantitative estimate of drug-likeness (QED) is 0.315. The van der Waals surface area contributed by atoms with E-state index in [-0.39, 0.29) is 5.91 Å². The maximum Gasteiger partial charge on any atom is 0.255 e. The average molecular weight is 470 g/mol. The molecule has 0 aliphatic rings. The summed E-state index contributed by atoms with van der Waals surface area (Å²) >= 11 is 13.4. The molecule has 0 fully saturated rings. The molecule has 0 bridgehead atoms. The van der Waals surface area contributed by atoms with Gasteiger partial charge in [-0.2, -0.15) is 0 Å². The minimum Gasteiger partial charge on any atom is -0.495 e. The lowest BCUT2D eigenvalue weighted by atomic mass is 10.1. The minimum absolute atomic E-state index is 0.283. The van der Waals surface area contributed by atoms with Crippen LogP contribution >= 0.6 is 34.5 Å². The number of carbonyl (C=O) groups excluding carboxylic acids is 1. The standard InChI is InChI=1S/C23H17Cl2N3O2S/c1-30-21-5-3-2-4-19(21)27-23-28-20(13-31-23)14-6-8-18(9-7-14)26-22(29)15-10-16(24)12-17(25)11-15/h2-13H,1H3,(H,26,29)(H,27,28). The molecular formula is C23H17Cl2N3O2S. The van der Waals surface area contributed by atoms with E-state index < -0.39 is 0 Å². The van der Waals surface area contributed by atoms with Crippen molar-refractivity contribution >= 4 is 57.0 Å². The van der Waals surface area contributed by atoms with Gasteiger partial charge in [-0.15, -0.1) is 11.3 Å². The zero-order chi connectivity index (χ0) is 21.8. The van der Waals surface area contributed by atoms with Crippen molar-refractivity contribution in [2.24, 2.45) is 0 Å². The first-order valence-electron chi connectivity index (χ1n) is 9.25. The SMILES string of the molecule is COc1ccccc1Nc1nc(-c2ccc(NC(=O)c3cc(Cl)cc(Cl)c3)cc2)cs1. The third kappa shape index (κ3) is 5.17. The van der Waals surface area contributed by atoms with Gasteiger partial charge in [-0.3, -0.25) is 4.79 Å². The Bertz CT molecular complexity index is 1210. The molecule has 156 valence electrons. The highest BCUT2D eigenvalue weighted by Crippen LogP contribution is 2.31. The average Bonchev–Trinajstić information content (AvgIpc) is 3.22.